The molecule has 0 aromatic heterocycles. The van der Waals surface area contributed by atoms with Crippen LogP contribution in [0.1, 0.15) is 5.56 Å². The van der Waals surface area contributed by atoms with Crippen molar-refractivity contribution in [3.63, 3.8) is 0 Å². The van der Waals surface area contributed by atoms with Crippen LogP contribution in [-0.4, -0.2) is 17.3 Å². The van der Waals surface area contributed by atoms with Gasteiger partial charge in [-0.15, -0.1) is 0 Å². The standard InChI is InChI=1S/C9H7F3N2O2/c10-9(11,12)6-3-1-2-4-7(6)14-8(15)5-13-16/h1-5,16H,(H,14,15)/b13-5+. The smallest absolute Gasteiger partial charge is 0.411 e. The van der Waals surface area contributed by atoms with E-state index in [0.717, 1.165) is 12.1 Å². The number of nitrogens with zero attached hydrogens (tertiary/aromatic N) is 1. The summed E-state index contributed by atoms with van der Waals surface area (Å²) in [4.78, 5) is 10.9. The highest BCUT2D eigenvalue weighted by Crippen LogP contribution is 2.34. The van der Waals surface area contributed by atoms with Crippen LogP contribution in [-0.2, 0) is 11.0 Å². The predicted octanol–water partition coefficient (Wildman–Crippen LogP) is 2.10. The zero-order valence-electron chi connectivity index (χ0n) is 7.82. The molecule has 0 saturated heterocycles. The first-order valence-electron chi connectivity index (χ1n) is 4.10. The highest BCUT2D eigenvalue weighted by Gasteiger charge is 2.33. The fourth-order valence-electron chi connectivity index (χ4n) is 1.06. The molecule has 16 heavy (non-hydrogen) atoms. The van der Waals surface area contributed by atoms with Crippen molar-refractivity contribution in [1.82, 2.24) is 0 Å². The Balaban J connectivity index is 3.01. The van der Waals surface area contributed by atoms with Crippen LogP contribution in [0.2, 0.25) is 0 Å². The number of hydrogen-bond acceptors (Lipinski definition) is 3. The molecule has 0 heterocycles. The Kier molecular flexibility index (Phi) is 3.49. The van der Waals surface area contributed by atoms with Crippen molar-refractivity contribution >= 4 is 17.8 Å². The Bertz CT molecular complexity index is 415. The van der Waals surface area contributed by atoms with E-state index in [1.54, 1.807) is 0 Å². The van der Waals surface area contributed by atoms with Gasteiger partial charge in [0.2, 0.25) is 0 Å². The van der Waals surface area contributed by atoms with Crippen LogP contribution in [0.15, 0.2) is 29.4 Å². The molecule has 86 valence electrons. The molecule has 1 rings (SSSR count). The molecule has 0 aliphatic carbocycles. The van der Waals surface area contributed by atoms with Gasteiger partial charge in [0, 0.05) is 0 Å². The minimum absolute atomic E-state index is 0.389. The first kappa shape index (κ1) is 12.0. The van der Waals surface area contributed by atoms with Crippen molar-refractivity contribution in [3.05, 3.63) is 29.8 Å². The Hall–Kier alpha value is -2.05. The average molecular weight is 232 g/mol. The van der Waals surface area contributed by atoms with Gasteiger partial charge in [0.05, 0.1) is 11.3 Å². The van der Waals surface area contributed by atoms with E-state index in [2.05, 4.69) is 5.16 Å². The summed E-state index contributed by atoms with van der Waals surface area (Å²) in [5.74, 6) is -0.945. The van der Waals surface area contributed by atoms with E-state index in [9.17, 15) is 18.0 Å². The molecule has 0 aliphatic heterocycles. The molecule has 0 unspecified atom stereocenters. The van der Waals surface area contributed by atoms with Crippen LogP contribution < -0.4 is 5.32 Å². The van der Waals surface area contributed by atoms with Crippen LogP contribution in [0.5, 0.6) is 0 Å². The van der Waals surface area contributed by atoms with Crippen molar-refractivity contribution in [2.24, 2.45) is 5.16 Å². The molecule has 0 saturated carbocycles. The van der Waals surface area contributed by atoms with Crippen LogP contribution >= 0.6 is 0 Å². The molecule has 7 heteroatoms. The maximum Gasteiger partial charge on any atom is 0.418 e. The molecular weight excluding hydrogens is 225 g/mol. The second-order valence-corrected chi connectivity index (χ2v) is 2.78. The van der Waals surface area contributed by atoms with Gasteiger partial charge in [-0.1, -0.05) is 17.3 Å². The number of alkyl halides is 3. The lowest BCUT2D eigenvalue weighted by Gasteiger charge is -2.12. The van der Waals surface area contributed by atoms with Gasteiger partial charge in [-0.2, -0.15) is 13.2 Å². The van der Waals surface area contributed by atoms with E-state index >= 15 is 0 Å². The van der Waals surface area contributed by atoms with Crippen molar-refractivity contribution in [3.8, 4) is 0 Å². The fraction of sp³-hybridized carbons (Fsp3) is 0.111. The molecule has 1 aromatic rings. The number of oxime groups is 1. The molecular formula is C9H7F3N2O2. The molecule has 0 bridgehead atoms. The monoisotopic (exact) mass is 232 g/mol. The lowest BCUT2D eigenvalue weighted by Crippen LogP contribution is -2.17. The third-order valence-electron chi connectivity index (χ3n) is 1.67. The third-order valence-corrected chi connectivity index (χ3v) is 1.67. The topological polar surface area (TPSA) is 61.7 Å². The third kappa shape index (κ3) is 2.97. The van der Waals surface area contributed by atoms with Gasteiger partial charge in [-0.25, -0.2) is 0 Å². The summed E-state index contributed by atoms with van der Waals surface area (Å²) in [6, 6.07) is 4.50. The maximum absolute atomic E-state index is 12.5. The van der Waals surface area contributed by atoms with Crippen LogP contribution in [0, 0.1) is 0 Å². The van der Waals surface area contributed by atoms with Gasteiger partial charge >= 0.3 is 6.18 Å². The summed E-state index contributed by atoms with van der Waals surface area (Å²) >= 11 is 0. The first-order valence-corrected chi connectivity index (χ1v) is 4.10. The number of halogens is 3. The number of nitrogens with one attached hydrogen (secondary N) is 1. The number of amides is 1. The van der Waals surface area contributed by atoms with Gasteiger partial charge in [-0.3, -0.25) is 4.79 Å². The maximum atomic E-state index is 12.5. The van der Waals surface area contributed by atoms with Gasteiger partial charge < -0.3 is 10.5 Å². The Morgan fingerprint density at radius 2 is 2.00 bits per heavy atom. The number of rotatable bonds is 2. The predicted molar refractivity (Wildman–Crippen MR) is 50.4 cm³/mol. The van der Waals surface area contributed by atoms with Crippen molar-refractivity contribution in [2.75, 3.05) is 5.32 Å². The average Bonchev–Trinajstić information content (AvgIpc) is 2.17. The highest BCUT2D eigenvalue weighted by atomic mass is 19.4. The molecule has 0 atom stereocenters. The molecule has 2 N–H and O–H groups in total. The Morgan fingerprint density at radius 3 is 2.56 bits per heavy atom. The normalized spacial score (nSPS) is 11.7. The quantitative estimate of drug-likeness (QED) is 0.466. The fourth-order valence-corrected chi connectivity index (χ4v) is 1.06. The summed E-state index contributed by atoms with van der Waals surface area (Å²) in [5, 5.41) is 12.4. The zero-order chi connectivity index (χ0) is 12.2. The van der Waals surface area contributed by atoms with Crippen molar-refractivity contribution in [1.29, 1.82) is 0 Å². The molecule has 1 aromatic carbocycles. The Labute approximate surface area is 88.4 Å². The van der Waals surface area contributed by atoms with E-state index in [4.69, 9.17) is 5.21 Å². The summed E-state index contributed by atoms with van der Waals surface area (Å²) in [6.07, 6.45) is -4.09. The van der Waals surface area contributed by atoms with E-state index in [-0.39, 0.29) is 5.69 Å². The van der Waals surface area contributed by atoms with E-state index in [1.165, 1.54) is 12.1 Å². The van der Waals surface area contributed by atoms with Crippen LogP contribution in [0.4, 0.5) is 18.9 Å². The largest absolute Gasteiger partial charge is 0.418 e. The number of carbonyl (C=O) groups excluding carboxylic acids is 1. The number of anilines is 1. The number of benzene rings is 1. The van der Waals surface area contributed by atoms with Crippen LogP contribution in [0.3, 0.4) is 0 Å². The molecule has 0 spiro atoms. The van der Waals surface area contributed by atoms with E-state index < -0.39 is 17.6 Å². The van der Waals surface area contributed by atoms with Crippen molar-refractivity contribution < 1.29 is 23.2 Å². The second-order valence-electron chi connectivity index (χ2n) is 2.78. The van der Waals surface area contributed by atoms with Crippen LogP contribution in [0.25, 0.3) is 0 Å². The molecule has 0 fully saturated rings. The van der Waals surface area contributed by atoms with Gasteiger partial charge in [-0.05, 0) is 12.1 Å². The van der Waals surface area contributed by atoms with Gasteiger partial charge in [0.15, 0.2) is 0 Å². The first-order chi connectivity index (χ1) is 7.45. The lowest BCUT2D eigenvalue weighted by molar-refractivity contribution is -0.136. The lowest BCUT2D eigenvalue weighted by atomic mass is 10.1. The number of para-hydroxylation sites is 1. The number of hydrogen-bond donors (Lipinski definition) is 2. The molecule has 4 nitrogen and oxygen atoms in total. The van der Waals surface area contributed by atoms with Gasteiger partial charge in [0.1, 0.15) is 6.21 Å². The van der Waals surface area contributed by atoms with Gasteiger partial charge in [0.25, 0.3) is 5.91 Å². The Morgan fingerprint density at radius 1 is 1.38 bits per heavy atom. The molecule has 1 amide bonds. The highest BCUT2D eigenvalue weighted by molar-refractivity contribution is 6.31. The second kappa shape index (κ2) is 4.65. The minimum Gasteiger partial charge on any atom is -0.411 e. The molecule has 0 aliphatic rings. The minimum atomic E-state index is -4.56. The zero-order valence-corrected chi connectivity index (χ0v) is 7.82. The molecule has 0 radical (unpaired) electrons. The summed E-state index contributed by atoms with van der Waals surface area (Å²) < 4.78 is 37.4. The summed E-state index contributed by atoms with van der Waals surface area (Å²) in [5.41, 5.74) is -1.35. The van der Waals surface area contributed by atoms with Crippen molar-refractivity contribution in [2.45, 2.75) is 6.18 Å². The van der Waals surface area contributed by atoms with E-state index in [1.807, 2.05) is 5.32 Å². The van der Waals surface area contributed by atoms with E-state index in [0.29, 0.717) is 6.21 Å². The summed E-state index contributed by atoms with van der Waals surface area (Å²) in [6.45, 7) is 0. The summed E-state index contributed by atoms with van der Waals surface area (Å²) in [7, 11) is 0. The number of carbonyl (C=O) groups is 1. The SMILES string of the molecule is O=C(/C=N/O)Nc1ccccc1C(F)(F)F.